The lowest BCUT2D eigenvalue weighted by Gasteiger charge is -2.22. The number of rotatable bonds is 7. The number of carbonyl (C=O) groups is 1. The third-order valence-electron chi connectivity index (χ3n) is 6.74. The Labute approximate surface area is 199 Å². The smallest absolute Gasteiger partial charge is 0.274 e. The van der Waals surface area contributed by atoms with Crippen LogP contribution in [0, 0.1) is 33.6 Å². The van der Waals surface area contributed by atoms with Crippen molar-refractivity contribution in [3.63, 3.8) is 0 Å². The number of hydrogen-bond acceptors (Lipinski definition) is 3. The monoisotopic (exact) mass is 457 g/mol. The second-order valence-electron chi connectivity index (χ2n) is 9.52. The Bertz CT molecular complexity index is 1330. The van der Waals surface area contributed by atoms with E-state index < -0.39 is 0 Å². The van der Waals surface area contributed by atoms with E-state index in [0.717, 1.165) is 33.9 Å². The average Bonchev–Trinajstić information content (AvgIpc) is 3.40. The predicted molar refractivity (Wildman–Crippen MR) is 137 cm³/mol. The minimum absolute atomic E-state index is 0.0650. The summed E-state index contributed by atoms with van der Waals surface area (Å²) in [4.78, 5) is 24.9. The Balaban J connectivity index is 1.42. The van der Waals surface area contributed by atoms with Gasteiger partial charge in [0.15, 0.2) is 0 Å². The maximum absolute atomic E-state index is 13.8. The third kappa shape index (κ3) is 4.60. The van der Waals surface area contributed by atoms with E-state index in [4.69, 9.17) is 4.98 Å². The second kappa shape index (κ2) is 8.79. The number of nitrogens with one attached hydrogen (secondary N) is 1. The summed E-state index contributed by atoms with van der Waals surface area (Å²) in [6, 6.07) is 12.9. The molecule has 0 unspecified atom stereocenters. The van der Waals surface area contributed by atoms with Crippen LogP contribution >= 0.6 is 11.3 Å². The number of nitrogens with zero attached hydrogens (tertiary/aromatic N) is 2. The summed E-state index contributed by atoms with van der Waals surface area (Å²) in [6.07, 6.45) is 5.37. The zero-order chi connectivity index (χ0) is 23.1. The molecular weight excluding hydrogens is 426 g/mol. The number of benzene rings is 2. The molecule has 4 aromatic rings. The highest BCUT2D eigenvalue weighted by atomic mass is 32.1. The first-order chi connectivity index (χ1) is 15.9. The van der Waals surface area contributed by atoms with Crippen LogP contribution in [0.2, 0.25) is 0 Å². The fraction of sp³-hybridized carbons (Fsp3) is 0.357. The van der Waals surface area contributed by atoms with Crippen LogP contribution < -0.4 is 0 Å². The SMILES string of the molecule is Cc1ccc2c(CCN(CC3CC3)C(=O)c3nc(C)sc3-c3ccc(C)c(C)c3)c[nH]c2c1. The number of fused-ring (bicyclic) bond motifs is 1. The Kier molecular flexibility index (Phi) is 5.83. The van der Waals surface area contributed by atoms with Gasteiger partial charge >= 0.3 is 0 Å². The highest BCUT2D eigenvalue weighted by molar-refractivity contribution is 7.15. The number of hydrogen-bond donors (Lipinski definition) is 1. The molecule has 1 saturated carbocycles. The minimum atomic E-state index is 0.0650. The quantitative estimate of drug-likeness (QED) is 0.339. The minimum Gasteiger partial charge on any atom is -0.361 e. The molecule has 2 aromatic heterocycles. The molecule has 5 heteroatoms. The molecule has 2 aromatic carbocycles. The first-order valence-electron chi connectivity index (χ1n) is 11.8. The fourth-order valence-electron chi connectivity index (χ4n) is 4.45. The number of carbonyl (C=O) groups excluding carboxylic acids is 1. The highest BCUT2D eigenvalue weighted by Crippen LogP contribution is 2.34. The van der Waals surface area contributed by atoms with Gasteiger partial charge in [0.1, 0.15) is 5.69 Å². The molecular formula is C28H31N3OS. The molecule has 4 nitrogen and oxygen atoms in total. The number of thiazole rings is 1. The van der Waals surface area contributed by atoms with Gasteiger partial charge in [0.2, 0.25) is 0 Å². The van der Waals surface area contributed by atoms with Crippen molar-refractivity contribution in [2.24, 2.45) is 5.92 Å². The molecule has 1 aliphatic rings. The van der Waals surface area contributed by atoms with Crippen LogP contribution in [-0.2, 0) is 6.42 Å². The van der Waals surface area contributed by atoms with Gasteiger partial charge in [-0.1, -0.05) is 30.3 Å². The van der Waals surface area contributed by atoms with E-state index in [1.165, 1.54) is 40.5 Å². The van der Waals surface area contributed by atoms with Crippen molar-refractivity contribution in [2.75, 3.05) is 13.1 Å². The molecule has 1 aliphatic carbocycles. The maximum Gasteiger partial charge on any atom is 0.274 e. The van der Waals surface area contributed by atoms with Crippen molar-refractivity contribution in [1.82, 2.24) is 14.9 Å². The van der Waals surface area contributed by atoms with Gasteiger partial charge in [0.05, 0.1) is 9.88 Å². The first-order valence-corrected chi connectivity index (χ1v) is 12.6. The molecule has 0 aliphatic heterocycles. The van der Waals surface area contributed by atoms with Gasteiger partial charge in [-0.2, -0.15) is 0 Å². The van der Waals surface area contributed by atoms with Crippen molar-refractivity contribution >= 4 is 28.1 Å². The Morgan fingerprint density at radius 1 is 1.09 bits per heavy atom. The molecule has 33 heavy (non-hydrogen) atoms. The third-order valence-corrected chi connectivity index (χ3v) is 7.76. The van der Waals surface area contributed by atoms with E-state index in [2.05, 4.69) is 68.4 Å². The van der Waals surface area contributed by atoms with Crippen molar-refractivity contribution in [3.8, 4) is 10.4 Å². The number of aryl methyl sites for hydroxylation is 4. The van der Waals surface area contributed by atoms with Crippen LogP contribution in [0.5, 0.6) is 0 Å². The molecule has 1 fully saturated rings. The van der Waals surface area contributed by atoms with Gasteiger partial charge in [-0.25, -0.2) is 4.98 Å². The van der Waals surface area contributed by atoms with Crippen LogP contribution in [-0.4, -0.2) is 33.9 Å². The average molecular weight is 458 g/mol. The zero-order valence-corrected chi connectivity index (χ0v) is 20.7. The van der Waals surface area contributed by atoms with E-state index in [1.807, 2.05) is 11.8 Å². The van der Waals surface area contributed by atoms with Crippen LogP contribution in [0.4, 0.5) is 0 Å². The van der Waals surface area contributed by atoms with Crippen molar-refractivity contribution in [1.29, 1.82) is 0 Å². The maximum atomic E-state index is 13.8. The number of aromatic nitrogens is 2. The Morgan fingerprint density at radius 2 is 1.91 bits per heavy atom. The first kappa shape index (κ1) is 21.9. The van der Waals surface area contributed by atoms with Crippen LogP contribution in [0.3, 0.4) is 0 Å². The van der Waals surface area contributed by atoms with Crippen molar-refractivity contribution in [3.05, 3.63) is 75.6 Å². The predicted octanol–water partition coefficient (Wildman–Crippen LogP) is 6.62. The van der Waals surface area contributed by atoms with Crippen LogP contribution in [0.15, 0.2) is 42.6 Å². The van der Waals surface area contributed by atoms with Crippen LogP contribution in [0.1, 0.15) is 50.6 Å². The number of H-pyrrole nitrogens is 1. The van der Waals surface area contributed by atoms with Gasteiger partial charge in [-0.3, -0.25) is 4.79 Å². The van der Waals surface area contributed by atoms with E-state index in [1.54, 1.807) is 11.3 Å². The lowest BCUT2D eigenvalue weighted by Crippen LogP contribution is -2.35. The van der Waals surface area contributed by atoms with E-state index in [-0.39, 0.29) is 5.91 Å². The lowest BCUT2D eigenvalue weighted by molar-refractivity contribution is 0.0745. The van der Waals surface area contributed by atoms with Gasteiger partial charge in [-0.15, -0.1) is 11.3 Å². The molecule has 170 valence electrons. The summed E-state index contributed by atoms with van der Waals surface area (Å²) >= 11 is 1.62. The number of amides is 1. The summed E-state index contributed by atoms with van der Waals surface area (Å²) in [5, 5.41) is 2.18. The van der Waals surface area contributed by atoms with Gasteiger partial charge in [0, 0.05) is 30.2 Å². The molecule has 0 radical (unpaired) electrons. The molecule has 0 spiro atoms. The van der Waals surface area contributed by atoms with Crippen molar-refractivity contribution in [2.45, 2.75) is 47.0 Å². The normalized spacial score (nSPS) is 13.6. The van der Waals surface area contributed by atoms with E-state index >= 15 is 0 Å². The molecule has 0 bridgehead atoms. The molecule has 5 rings (SSSR count). The van der Waals surface area contributed by atoms with E-state index in [0.29, 0.717) is 18.2 Å². The summed E-state index contributed by atoms with van der Waals surface area (Å²) < 4.78 is 0. The molecule has 2 heterocycles. The second-order valence-corrected chi connectivity index (χ2v) is 10.7. The topological polar surface area (TPSA) is 49.0 Å². The highest BCUT2D eigenvalue weighted by Gasteiger charge is 2.30. The van der Waals surface area contributed by atoms with Crippen LogP contribution in [0.25, 0.3) is 21.3 Å². The van der Waals surface area contributed by atoms with Crippen molar-refractivity contribution < 1.29 is 4.79 Å². The lowest BCUT2D eigenvalue weighted by atomic mass is 10.0. The molecule has 1 N–H and O–H groups in total. The summed E-state index contributed by atoms with van der Waals surface area (Å²) in [7, 11) is 0. The fourth-order valence-corrected chi connectivity index (χ4v) is 5.36. The summed E-state index contributed by atoms with van der Waals surface area (Å²) in [5.41, 5.74) is 7.87. The van der Waals surface area contributed by atoms with Gasteiger partial charge < -0.3 is 9.88 Å². The molecule has 0 atom stereocenters. The van der Waals surface area contributed by atoms with E-state index in [9.17, 15) is 4.79 Å². The molecule has 0 saturated heterocycles. The largest absolute Gasteiger partial charge is 0.361 e. The summed E-state index contributed by atoms with van der Waals surface area (Å²) in [6.45, 7) is 9.87. The summed E-state index contributed by atoms with van der Waals surface area (Å²) in [5.74, 6) is 0.694. The number of aromatic amines is 1. The Morgan fingerprint density at radius 3 is 2.67 bits per heavy atom. The van der Waals surface area contributed by atoms with Gasteiger partial charge in [0.25, 0.3) is 5.91 Å². The standard InChI is InChI=1S/C28H31N3OS/c1-17-5-10-24-23(15-29-25(24)13-17)11-12-31(16-21-7-8-21)28(32)26-27(33-20(4)30-26)22-9-6-18(2)19(3)14-22/h5-6,9-10,13-15,21,29H,7-8,11-12,16H2,1-4H3. The van der Waals surface area contributed by atoms with Gasteiger partial charge in [-0.05, 0) is 86.8 Å². The Hall–Kier alpha value is -2.92. The molecule has 1 amide bonds. The zero-order valence-electron chi connectivity index (χ0n) is 19.9.